The van der Waals surface area contributed by atoms with Crippen molar-refractivity contribution < 1.29 is 76.3 Å². The van der Waals surface area contributed by atoms with Crippen molar-refractivity contribution in [1.29, 1.82) is 0 Å². The van der Waals surface area contributed by atoms with Crippen LogP contribution in [0.5, 0.6) is 11.5 Å². The van der Waals surface area contributed by atoms with Gasteiger partial charge in [-0.05, 0) is 165 Å². The molecule has 81 heavy (non-hydrogen) atoms. The standard InChI is InChI=1S/C61H77N3O16S/c1-4-33-64(61-63-50-13-7-8-14-52(50)81-61)62-39-46-38-49(79-59(71)44-17-15-42(16-18-44)57(69)77-47-27-23-40(24-28-47)55(67)75-36-11-9-34-73-53(65)5-2)31-32-51(46)80-60(72)45-21-19-43(20-22-45)58(70)78-48-29-25-41(26-30-48)56(68)76-37-12-10-35-74-54(66)6-3/h5-8,13-14,31-32,38-45,47-48H,2-4,9-12,15-30,33-37H2,1H3/b62-39+. The average Bonchev–Trinajstić information content (AvgIpc) is 3.95. The molecule has 0 aliphatic heterocycles. The number of esters is 8. The summed E-state index contributed by atoms with van der Waals surface area (Å²) in [5.41, 5.74) is 1.25. The molecule has 4 aliphatic rings. The molecule has 438 valence electrons. The van der Waals surface area contributed by atoms with Gasteiger partial charge in [0.15, 0.2) is 0 Å². The molecule has 19 nitrogen and oxygen atoms in total. The van der Waals surface area contributed by atoms with Gasteiger partial charge in [0.2, 0.25) is 5.13 Å². The lowest BCUT2D eigenvalue weighted by Crippen LogP contribution is -2.33. The Morgan fingerprint density at radius 2 is 0.988 bits per heavy atom. The van der Waals surface area contributed by atoms with Gasteiger partial charge in [0.1, 0.15) is 23.7 Å². The fourth-order valence-electron chi connectivity index (χ4n) is 10.6. The van der Waals surface area contributed by atoms with Gasteiger partial charge in [-0.15, -0.1) is 0 Å². The number of rotatable bonds is 27. The Kier molecular flexibility index (Phi) is 24.3. The Morgan fingerprint density at radius 1 is 0.556 bits per heavy atom. The summed E-state index contributed by atoms with van der Waals surface area (Å²) in [6.07, 6.45) is 14.3. The minimum Gasteiger partial charge on any atom is -0.465 e. The highest BCUT2D eigenvalue weighted by molar-refractivity contribution is 7.22. The molecule has 0 bridgehead atoms. The second-order valence-electron chi connectivity index (χ2n) is 21.3. The number of para-hydroxylation sites is 1. The second kappa shape index (κ2) is 31.9. The van der Waals surface area contributed by atoms with Gasteiger partial charge in [-0.1, -0.05) is 43.6 Å². The maximum Gasteiger partial charge on any atom is 0.330 e. The van der Waals surface area contributed by atoms with E-state index in [-0.39, 0.29) is 97.7 Å². The number of carbonyl (C=O) groups is 8. The Bertz CT molecular complexity index is 2640. The lowest BCUT2D eigenvalue weighted by atomic mass is 9.82. The van der Waals surface area contributed by atoms with Crippen LogP contribution < -0.4 is 14.5 Å². The van der Waals surface area contributed by atoms with Gasteiger partial charge >= 0.3 is 47.8 Å². The normalized spacial score (nSPS) is 22.8. The quantitative estimate of drug-likeness (QED) is 0.0131. The number of hydrogen-bond donors (Lipinski definition) is 0. The number of benzene rings is 2. The van der Waals surface area contributed by atoms with E-state index in [2.05, 4.69) is 13.2 Å². The summed E-state index contributed by atoms with van der Waals surface area (Å²) >= 11 is 1.50. The fraction of sp³-hybridized carbons (Fsp3) is 0.574. The summed E-state index contributed by atoms with van der Waals surface area (Å²) in [6, 6.07) is 12.6. The van der Waals surface area contributed by atoms with Crippen LogP contribution in [0.2, 0.25) is 0 Å². The summed E-state index contributed by atoms with van der Waals surface area (Å²) in [6.45, 7) is 10.3. The zero-order valence-electron chi connectivity index (χ0n) is 46.5. The van der Waals surface area contributed by atoms with Crippen LogP contribution in [-0.2, 0) is 66.8 Å². The first-order valence-corrected chi connectivity index (χ1v) is 29.7. The Balaban J connectivity index is 0.877. The zero-order valence-corrected chi connectivity index (χ0v) is 47.3. The molecule has 7 rings (SSSR count). The minimum absolute atomic E-state index is 0.224. The minimum atomic E-state index is -0.487. The smallest absolute Gasteiger partial charge is 0.330 e. The summed E-state index contributed by atoms with van der Waals surface area (Å²) < 4.78 is 45.7. The number of fused-ring (bicyclic) bond motifs is 1. The van der Waals surface area contributed by atoms with Gasteiger partial charge in [-0.2, -0.15) is 5.10 Å². The predicted molar refractivity (Wildman–Crippen MR) is 300 cm³/mol. The molecular weight excluding hydrogens is 1060 g/mol. The molecule has 0 spiro atoms. The topological polar surface area (TPSA) is 239 Å². The number of anilines is 1. The first-order valence-electron chi connectivity index (χ1n) is 28.9. The van der Waals surface area contributed by atoms with Crippen molar-refractivity contribution in [3.63, 3.8) is 0 Å². The third-order valence-corrected chi connectivity index (χ3v) is 16.5. The molecule has 1 aromatic heterocycles. The molecule has 0 saturated heterocycles. The van der Waals surface area contributed by atoms with Crippen LogP contribution in [0.1, 0.15) is 147 Å². The molecule has 0 atom stereocenters. The van der Waals surface area contributed by atoms with E-state index in [4.69, 9.17) is 48.0 Å². The number of aromatic nitrogens is 1. The van der Waals surface area contributed by atoms with Crippen molar-refractivity contribution in [1.82, 2.24) is 4.98 Å². The molecule has 4 saturated carbocycles. The number of hydrogen-bond acceptors (Lipinski definition) is 20. The Hall–Kier alpha value is -6.96. The molecule has 0 N–H and O–H groups in total. The second-order valence-corrected chi connectivity index (χ2v) is 22.3. The number of ether oxygens (including phenoxy) is 8. The molecule has 2 aromatic carbocycles. The maximum atomic E-state index is 13.9. The van der Waals surface area contributed by atoms with Crippen molar-refractivity contribution in [3.8, 4) is 11.5 Å². The zero-order chi connectivity index (χ0) is 57.5. The number of nitrogens with zero attached hydrogens (tertiary/aromatic N) is 3. The maximum absolute atomic E-state index is 13.9. The van der Waals surface area contributed by atoms with E-state index in [9.17, 15) is 38.4 Å². The van der Waals surface area contributed by atoms with E-state index in [1.54, 1.807) is 29.4 Å². The van der Waals surface area contributed by atoms with Crippen LogP contribution in [0, 0.1) is 35.5 Å². The van der Waals surface area contributed by atoms with Gasteiger partial charge in [-0.3, -0.25) is 28.8 Å². The summed E-state index contributed by atoms with van der Waals surface area (Å²) in [7, 11) is 0. The van der Waals surface area contributed by atoms with Gasteiger partial charge < -0.3 is 37.9 Å². The highest BCUT2D eigenvalue weighted by atomic mass is 32.1. The third kappa shape index (κ3) is 19.1. The van der Waals surface area contributed by atoms with E-state index in [1.165, 1.54) is 11.3 Å². The number of unbranched alkanes of at least 4 members (excludes halogenated alkanes) is 2. The van der Waals surface area contributed by atoms with Crippen LogP contribution in [0.25, 0.3) is 10.2 Å². The predicted octanol–water partition coefficient (Wildman–Crippen LogP) is 10.3. The summed E-state index contributed by atoms with van der Waals surface area (Å²) in [5.74, 6) is -4.67. The molecule has 3 aromatic rings. The van der Waals surface area contributed by atoms with Crippen LogP contribution in [0.3, 0.4) is 0 Å². The summed E-state index contributed by atoms with van der Waals surface area (Å²) in [4.78, 5) is 107. The van der Waals surface area contributed by atoms with Crippen molar-refractivity contribution in [2.45, 2.75) is 154 Å². The van der Waals surface area contributed by atoms with E-state index in [0.717, 1.165) is 28.8 Å². The SMILES string of the molecule is C=CC(=O)OCCCCOC(=O)C1CCC(OC(=O)C2CCC(C(=O)Oc3ccc(OC(=O)C4CCC(C(=O)OC5CCC(C(=O)OCCCCOC(=O)C=C)CC5)CC4)c(/C=N/N(CCC)c4nc5ccccc5s4)c3)CC2)CC1. The molecule has 4 aliphatic carbocycles. The van der Waals surface area contributed by atoms with Gasteiger partial charge in [0, 0.05) is 24.3 Å². The van der Waals surface area contributed by atoms with Crippen molar-refractivity contribution >= 4 is 80.7 Å². The Morgan fingerprint density at radius 3 is 1.46 bits per heavy atom. The van der Waals surface area contributed by atoms with Crippen molar-refractivity contribution in [3.05, 3.63) is 73.3 Å². The van der Waals surface area contributed by atoms with Crippen LogP contribution in [0.4, 0.5) is 5.13 Å². The van der Waals surface area contributed by atoms with E-state index in [0.29, 0.717) is 146 Å². The van der Waals surface area contributed by atoms with E-state index < -0.39 is 35.7 Å². The molecular formula is C61H77N3O16S. The van der Waals surface area contributed by atoms with Gasteiger partial charge in [0.25, 0.3) is 0 Å². The monoisotopic (exact) mass is 1140 g/mol. The molecule has 0 unspecified atom stereocenters. The average molecular weight is 1140 g/mol. The third-order valence-electron chi connectivity index (χ3n) is 15.4. The highest BCUT2D eigenvalue weighted by Crippen LogP contribution is 2.37. The lowest BCUT2D eigenvalue weighted by Gasteiger charge is -2.30. The van der Waals surface area contributed by atoms with Gasteiger partial charge in [0.05, 0.1) is 78.4 Å². The summed E-state index contributed by atoms with van der Waals surface area (Å²) in [5, 5.41) is 7.30. The lowest BCUT2D eigenvalue weighted by molar-refractivity contribution is -0.161. The van der Waals surface area contributed by atoms with E-state index in [1.807, 2.05) is 31.2 Å². The molecule has 4 fully saturated rings. The highest BCUT2D eigenvalue weighted by Gasteiger charge is 2.37. The molecule has 0 radical (unpaired) electrons. The number of carbonyl (C=O) groups excluding carboxylic acids is 8. The molecule has 0 amide bonds. The first kappa shape index (κ1) is 61.7. The van der Waals surface area contributed by atoms with Gasteiger partial charge in [-0.25, -0.2) is 19.6 Å². The molecule has 20 heteroatoms. The van der Waals surface area contributed by atoms with Crippen LogP contribution >= 0.6 is 11.3 Å². The first-order chi connectivity index (χ1) is 39.3. The molecule has 1 heterocycles. The van der Waals surface area contributed by atoms with Crippen LogP contribution in [0.15, 0.2) is 72.9 Å². The van der Waals surface area contributed by atoms with E-state index >= 15 is 0 Å². The fourth-order valence-corrected chi connectivity index (χ4v) is 11.6. The number of hydrazone groups is 1. The van der Waals surface area contributed by atoms with Crippen molar-refractivity contribution in [2.24, 2.45) is 40.6 Å². The number of thiazole rings is 1. The van der Waals surface area contributed by atoms with Crippen LogP contribution in [-0.4, -0.2) is 104 Å². The largest absolute Gasteiger partial charge is 0.465 e. The Labute approximate surface area is 477 Å². The van der Waals surface area contributed by atoms with Crippen molar-refractivity contribution in [2.75, 3.05) is 38.0 Å².